The van der Waals surface area contributed by atoms with Crippen molar-refractivity contribution in [1.82, 2.24) is 4.98 Å². The van der Waals surface area contributed by atoms with Crippen LogP contribution in [-0.2, 0) is 4.79 Å². The van der Waals surface area contributed by atoms with Gasteiger partial charge in [-0.15, -0.1) is 0 Å². The van der Waals surface area contributed by atoms with Crippen LogP contribution in [0.3, 0.4) is 0 Å². The van der Waals surface area contributed by atoms with Crippen LogP contribution in [0, 0.1) is 17.0 Å². The summed E-state index contributed by atoms with van der Waals surface area (Å²) in [6.45, 7) is 3.27. The van der Waals surface area contributed by atoms with Crippen molar-refractivity contribution in [2.75, 3.05) is 5.75 Å². The predicted octanol–water partition coefficient (Wildman–Crippen LogP) is 2.59. The molecule has 0 N–H and O–H groups in total. The number of thioether (sulfide) groups is 1. The molecule has 0 saturated carbocycles. The number of nitro groups is 1. The normalized spacial score (nSPS) is 10.7. The summed E-state index contributed by atoms with van der Waals surface area (Å²) in [4.78, 5) is 24.7. The van der Waals surface area contributed by atoms with Gasteiger partial charge in [0.05, 0.1) is 10.6 Å². The van der Waals surface area contributed by atoms with E-state index in [0.29, 0.717) is 11.4 Å². The summed E-state index contributed by atoms with van der Waals surface area (Å²) < 4.78 is 0. The topological polar surface area (TPSA) is 73.1 Å². The van der Waals surface area contributed by atoms with E-state index in [1.54, 1.807) is 13.0 Å². The highest BCUT2D eigenvalue weighted by atomic mass is 32.2. The molecule has 1 aromatic heterocycles. The molecule has 0 aliphatic carbocycles. The Morgan fingerprint density at radius 1 is 1.65 bits per heavy atom. The first kappa shape index (κ1) is 13.4. The molecule has 0 saturated heterocycles. The van der Waals surface area contributed by atoms with Crippen LogP contribution in [-0.4, -0.2) is 20.8 Å². The van der Waals surface area contributed by atoms with Crippen LogP contribution in [0.15, 0.2) is 18.3 Å². The zero-order valence-electron chi connectivity index (χ0n) is 9.54. The predicted molar refractivity (Wildman–Crippen MR) is 67.8 cm³/mol. The number of hydrogen-bond acceptors (Lipinski definition) is 5. The summed E-state index contributed by atoms with van der Waals surface area (Å²) in [5.41, 5.74) is 1.40. The Morgan fingerprint density at radius 3 is 2.88 bits per heavy atom. The average Bonchev–Trinajstić information content (AvgIpc) is 2.25. The molecule has 0 spiro atoms. The molecular weight excluding hydrogens is 240 g/mol. The van der Waals surface area contributed by atoms with Crippen LogP contribution < -0.4 is 0 Å². The smallest absolute Gasteiger partial charge is 0.287 e. The van der Waals surface area contributed by atoms with Gasteiger partial charge < -0.3 is 0 Å². The molecule has 5 nitrogen and oxygen atoms in total. The molecule has 1 aromatic rings. The minimum absolute atomic E-state index is 0.0160. The molecule has 0 aliphatic rings. The zero-order chi connectivity index (χ0) is 12.8. The Balaban J connectivity index is 2.72. The minimum Gasteiger partial charge on any atom is -0.288 e. The van der Waals surface area contributed by atoms with E-state index in [4.69, 9.17) is 0 Å². The zero-order valence-corrected chi connectivity index (χ0v) is 10.4. The summed E-state index contributed by atoms with van der Waals surface area (Å²) in [5, 5.41) is 10.6. The molecule has 0 fully saturated rings. The highest BCUT2D eigenvalue weighted by molar-refractivity contribution is 8.13. The van der Waals surface area contributed by atoms with E-state index in [0.717, 1.165) is 5.56 Å². The molecule has 1 rings (SSSR count). The lowest BCUT2D eigenvalue weighted by atomic mass is 10.2. The maximum atomic E-state index is 10.7. The number of carbonyl (C=O) groups is 1. The minimum atomic E-state index is -0.473. The molecule has 0 unspecified atom stereocenters. The Hall–Kier alpha value is -1.69. The van der Waals surface area contributed by atoms with Crippen molar-refractivity contribution >= 4 is 28.6 Å². The number of hydrogen-bond donors (Lipinski definition) is 0. The second-order valence-corrected chi connectivity index (χ2v) is 4.55. The molecule has 0 atom stereocenters. The van der Waals surface area contributed by atoms with E-state index < -0.39 is 4.92 Å². The molecule has 6 heteroatoms. The van der Waals surface area contributed by atoms with Gasteiger partial charge in [-0.3, -0.25) is 14.9 Å². The average molecular weight is 252 g/mol. The maximum absolute atomic E-state index is 10.7. The van der Waals surface area contributed by atoms with Crippen LogP contribution in [0.2, 0.25) is 0 Å². The molecule has 0 aromatic carbocycles. The maximum Gasteiger partial charge on any atom is 0.287 e. The summed E-state index contributed by atoms with van der Waals surface area (Å²) >= 11 is 1.20. The van der Waals surface area contributed by atoms with E-state index in [-0.39, 0.29) is 10.8 Å². The lowest BCUT2D eigenvalue weighted by Crippen LogP contribution is -1.93. The number of pyridine rings is 1. The number of aromatic nitrogens is 1. The highest BCUT2D eigenvalue weighted by Crippen LogP contribution is 2.15. The second kappa shape index (κ2) is 6.15. The van der Waals surface area contributed by atoms with Crippen molar-refractivity contribution < 1.29 is 9.72 Å². The highest BCUT2D eigenvalue weighted by Gasteiger charge is 2.07. The van der Waals surface area contributed by atoms with Gasteiger partial charge in [-0.25, -0.2) is 4.98 Å². The van der Waals surface area contributed by atoms with Gasteiger partial charge in [-0.2, -0.15) is 0 Å². The standard InChI is InChI=1S/C11H12N2O3S/c1-8-6-10(13(15)16)7-12-11(8)4-3-5-17-9(2)14/h3-4,6-7H,5H2,1-2H3. The van der Waals surface area contributed by atoms with Gasteiger partial charge in [0, 0.05) is 18.7 Å². The first-order valence-electron chi connectivity index (χ1n) is 4.91. The second-order valence-electron chi connectivity index (χ2n) is 3.36. The van der Waals surface area contributed by atoms with Gasteiger partial charge in [0.15, 0.2) is 5.12 Å². The number of rotatable bonds is 4. The molecule has 0 radical (unpaired) electrons. The molecule has 90 valence electrons. The van der Waals surface area contributed by atoms with Crippen molar-refractivity contribution in [2.24, 2.45) is 0 Å². The third-order valence-electron chi connectivity index (χ3n) is 1.97. The fourth-order valence-corrected chi connectivity index (χ4v) is 1.60. The lowest BCUT2D eigenvalue weighted by molar-refractivity contribution is -0.385. The fourth-order valence-electron chi connectivity index (χ4n) is 1.17. The van der Waals surface area contributed by atoms with Gasteiger partial charge in [0.1, 0.15) is 6.20 Å². The molecule has 17 heavy (non-hydrogen) atoms. The van der Waals surface area contributed by atoms with E-state index >= 15 is 0 Å². The van der Waals surface area contributed by atoms with Crippen molar-refractivity contribution in [3.05, 3.63) is 39.7 Å². The van der Waals surface area contributed by atoms with E-state index in [1.807, 2.05) is 6.08 Å². The summed E-state index contributed by atoms with van der Waals surface area (Å²) in [7, 11) is 0. The Morgan fingerprint density at radius 2 is 2.35 bits per heavy atom. The fraction of sp³-hybridized carbons (Fsp3) is 0.273. The monoisotopic (exact) mass is 252 g/mol. The summed E-state index contributed by atoms with van der Waals surface area (Å²) in [6.07, 6.45) is 4.80. The molecule has 1 heterocycles. The number of carbonyl (C=O) groups excluding carboxylic acids is 1. The molecule has 0 aliphatic heterocycles. The van der Waals surface area contributed by atoms with Crippen LogP contribution in [0.5, 0.6) is 0 Å². The van der Waals surface area contributed by atoms with Gasteiger partial charge in [-0.1, -0.05) is 17.8 Å². The molecule has 0 amide bonds. The van der Waals surface area contributed by atoms with Crippen molar-refractivity contribution in [1.29, 1.82) is 0 Å². The first-order chi connectivity index (χ1) is 8.00. The van der Waals surface area contributed by atoms with Crippen LogP contribution in [0.4, 0.5) is 5.69 Å². The summed E-state index contributed by atoms with van der Waals surface area (Å²) in [5.74, 6) is 0.577. The Kier molecular flexibility index (Phi) is 4.84. The quantitative estimate of drug-likeness (QED) is 0.608. The van der Waals surface area contributed by atoms with Crippen molar-refractivity contribution in [3.63, 3.8) is 0 Å². The SMILES string of the molecule is CC(=O)SCC=Cc1ncc([N+](=O)[O-])cc1C. The lowest BCUT2D eigenvalue weighted by Gasteiger charge is -1.98. The van der Waals surface area contributed by atoms with Crippen molar-refractivity contribution in [2.45, 2.75) is 13.8 Å². The molecular formula is C11H12N2O3S. The Bertz CT molecular complexity index is 472. The van der Waals surface area contributed by atoms with Gasteiger partial charge in [0.2, 0.25) is 0 Å². The first-order valence-corrected chi connectivity index (χ1v) is 5.90. The van der Waals surface area contributed by atoms with Crippen LogP contribution in [0.25, 0.3) is 6.08 Å². The Labute approximate surface area is 103 Å². The summed E-state index contributed by atoms with van der Waals surface area (Å²) in [6, 6.07) is 1.48. The number of nitrogens with zero attached hydrogens (tertiary/aromatic N) is 2. The van der Waals surface area contributed by atoms with Crippen molar-refractivity contribution in [3.8, 4) is 0 Å². The van der Waals surface area contributed by atoms with E-state index in [2.05, 4.69) is 4.98 Å². The number of aryl methyl sites for hydroxylation is 1. The third kappa shape index (κ3) is 4.36. The van der Waals surface area contributed by atoms with Gasteiger partial charge >= 0.3 is 0 Å². The third-order valence-corrected chi connectivity index (χ3v) is 2.74. The molecule has 0 bridgehead atoms. The van der Waals surface area contributed by atoms with Gasteiger partial charge in [0.25, 0.3) is 5.69 Å². The largest absolute Gasteiger partial charge is 0.288 e. The van der Waals surface area contributed by atoms with Gasteiger partial charge in [-0.05, 0) is 18.6 Å². The van der Waals surface area contributed by atoms with E-state index in [9.17, 15) is 14.9 Å². The van der Waals surface area contributed by atoms with E-state index in [1.165, 1.54) is 30.9 Å². The van der Waals surface area contributed by atoms with Crippen LogP contribution >= 0.6 is 11.8 Å². The van der Waals surface area contributed by atoms with Crippen LogP contribution in [0.1, 0.15) is 18.2 Å².